The lowest BCUT2D eigenvalue weighted by Crippen LogP contribution is -2.39. The van der Waals surface area contributed by atoms with Crippen molar-refractivity contribution < 1.29 is 9.21 Å². The van der Waals surface area contributed by atoms with Gasteiger partial charge in [0.15, 0.2) is 5.76 Å². The van der Waals surface area contributed by atoms with Crippen LogP contribution in [0.4, 0.5) is 0 Å². The fourth-order valence-corrected chi connectivity index (χ4v) is 3.75. The Morgan fingerprint density at radius 3 is 2.75 bits per heavy atom. The summed E-state index contributed by atoms with van der Waals surface area (Å²) in [6.07, 6.45) is 1.85. The molecule has 2 aliphatic heterocycles. The molecule has 1 amide bonds. The van der Waals surface area contributed by atoms with Gasteiger partial charge in [0.1, 0.15) is 17.4 Å². The number of hydrogen-bond acceptors (Lipinski definition) is 5. The van der Waals surface area contributed by atoms with Crippen LogP contribution in [0.15, 0.2) is 10.5 Å². The van der Waals surface area contributed by atoms with Crippen LogP contribution in [0.25, 0.3) is 0 Å². The number of hydrogen-bond donors (Lipinski definition) is 1. The summed E-state index contributed by atoms with van der Waals surface area (Å²) in [5.41, 5.74) is 0.915. The Morgan fingerprint density at radius 1 is 1.25 bits per heavy atom. The van der Waals surface area contributed by atoms with Crippen molar-refractivity contribution in [2.75, 3.05) is 19.6 Å². The largest absolute Gasteiger partial charge is 0.456 e. The summed E-state index contributed by atoms with van der Waals surface area (Å²) in [7, 11) is 0. The van der Waals surface area contributed by atoms with Crippen molar-refractivity contribution in [3.05, 3.63) is 34.8 Å². The minimum Gasteiger partial charge on any atom is -0.456 e. The molecule has 0 unspecified atom stereocenters. The zero-order chi connectivity index (χ0) is 16.7. The quantitative estimate of drug-likeness (QED) is 0.906. The molecule has 7 heteroatoms. The molecule has 2 aromatic rings. The highest BCUT2D eigenvalue weighted by atomic mass is 16.4. The molecule has 0 aromatic carbocycles. The molecule has 24 heavy (non-hydrogen) atoms. The van der Waals surface area contributed by atoms with Crippen molar-refractivity contribution in [2.24, 2.45) is 0 Å². The van der Waals surface area contributed by atoms with Gasteiger partial charge in [-0.05, 0) is 32.8 Å². The Balaban J connectivity index is 1.44. The number of furan rings is 1. The van der Waals surface area contributed by atoms with Crippen LogP contribution in [0, 0.1) is 13.8 Å². The van der Waals surface area contributed by atoms with Crippen LogP contribution < -0.4 is 5.32 Å². The first-order valence-electron chi connectivity index (χ1n) is 8.62. The number of amides is 1. The van der Waals surface area contributed by atoms with Gasteiger partial charge in [0.2, 0.25) is 0 Å². The van der Waals surface area contributed by atoms with E-state index in [9.17, 15) is 4.79 Å². The fraction of sp³-hybridized carbons (Fsp3) is 0.588. The lowest BCUT2D eigenvalue weighted by atomic mass is 9.95. The van der Waals surface area contributed by atoms with E-state index in [4.69, 9.17) is 4.42 Å². The van der Waals surface area contributed by atoms with Gasteiger partial charge in [-0.15, -0.1) is 10.2 Å². The number of carbonyl (C=O) groups is 1. The number of nitrogens with one attached hydrogen (secondary N) is 1. The van der Waals surface area contributed by atoms with E-state index in [-0.39, 0.29) is 5.91 Å². The standard InChI is InChI=1S/C17H23N5O2/c1-11-9-12(2)24-15(11)17(23)21-6-3-13(4-7-21)16-20-19-14-10-18-5-8-22(14)16/h9,13,18H,3-8,10H2,1-2H3. The van der Waals surface area contributed by atoms with Crippen molar-refractivity contribution in [2.45, 2.75) is 45.7 Å². The molecule has 0 atom stereocenters. The van der Waals surface area contributed by atoms with E-state index < -0.39 is 0 Å². The van der Waals surface area contributed by atoms with Crippen molar-refractivity contribution in [1.82, 2.24) is 25.0 Å². The molecule has 1 saturated heterocycles. The number of aromatic nitrogens is 3. The molecule has 1 fully saturated rings. The molecule has 128 valence electrons. The Morgan fingerprint density at radius 2 is 2.04 bits per heavy atom. The summed E-state index contributed by atoms with van der Waals surface area (Å²) >= 11 is 0. The zero-order valence-electron chi connectivity index (χ0n) is 14.2. The third kappa shape index (κ3) is 2.62. The molecule has 4 heterocycles. The van der Waals surface area contributed by atoms with Gasteiger partial charge in [0, 0.05) is 37.7 Å². The maximum absolute atomic E-state index is 12.7. The number of fused-ring (bicyclic) bond motifs is 1. The lowest BCUT2D eigenvalue weighted by molar-refractivity contribution is 0.0675. The topological polar surface area (TPSA) is 76.2 Å². The van der Waals surface area contributed by atoms with E-state index in [2.05, 4.69) is 20.1 Å². The van der Waals surface area contributed by atoms with Crippen LogP contribution in [-0.4, -0.2) is 45.2 Å². The number of aryl methyl sites for hydroxylation is 2. The minimum atomic E-state index is 0.00604. The van der Waals surface area contributed by atoms with Crippen LogP contribution in [0.2, 0.25) is 0 Å². The average Bonchev–Trinajstić information content (AvgIpc) is 3.17. The van der Waals surface area contributed by atoms with Crippen LogP contribution in [0.5, 0.6) is 0 Å². The summed E-state index contributed by atoms with van der Waals surface area (Å²) in [5.74, 6) is 3.77. The van der Waals surface area contributed by atoms with Gasteiger partial charge in [0.05, 0.1) is 6.54 Å². The molecule has 2 aromatic heterocycles. The highest BCUT2D eigenvalue weighted by molar-refractivity contribution is 5.93. The number of carbonyl (C=O) groups excluding carboxylic acids is 1. The van der Waals surface area contributed by atoms with Gasteiger partial charge in [-0.2, -0.15) is 0 Å². The normalized spacial score (nSPS) is 18.7. The third-order valence-electron chi connectivity index (χ3n) is 5.03. The Bertz CT molecular complexity index is 755. The van der Waals surface area contributed by atoms with Gasteiger partial charge in [0.25, 0.3) is 5.91 Å². The molecule has 0 bridgehead atoms. The Kier molecular flexibility index (Phi) is 3.88. The molecule has 1 N–H and O–H groups in total. The summed E-state index contributed by atoms with van der Waals surface area (Å²) < 4.78 is 7.83. The van der Waals surface area contributed by atoms with Gasteiger partial charge >= 0.3 is 0 Å². The average molecular weight is 329 g/mol. The van der Waals surface area contributed by atoms with Crippen LogP contribution in [0.3, 0.4) is 0 Å². The Labute approximate surface area is 141 Å². The third-order valence-corrected chi connectivity index (χ3v) is 5.03. The molecule has 0 aliphatic carbocycles. The highest BCUT2D eigenvalue weighted by Crippen LogP contribution is 2.29. The molecule has 2 aliphatic rings. The van der Waals surface area contributed by atoms with Crippen LogP contribution in [-0.2, 0) is 13.1 Å². The van der Waals surface area contributed by atoms with Gasteiger partial charge < -0.3 is 19.2 Å². The maximum atomic E-state index is 12.7. The smallest absolute Gasteiger partial charge is 0.289 e. The van der Waals surface area contributed by atoms with Crippen molar-refractivity contribution in [3.8, 4) is 0 Å². The fourth-order valence-electron chi connectivity index (χ4n) is 3.75. The predicted octanol–water partition coefficient (Wildman–Crippen LogP) is 1.61. The maximum Gasteiger partial charge on any atom is 0.289 e. The van der Waals surface area contributed by atoms with E-state index in [1.54, 1.807) is 0 Å². The molecule has 7 nitrogen and oxygen atoms in total. The number of likely N-dealkylation sites (tertiary alicyclic amines) is 1. The number of piperidine rings is 1. The molecule has 0 spiro atoms. The van der Waals surface area contributed by atoms with Crippen LogP contribution in [0.1, 0.15) is 52.3 Å². The second-order valence-corrected chi connectivity index (χ2v) is 6.74. The van der Waals surface area contributed by atoms with E-state index in [1.807, 2.05) is 24.8 Å². The highest BCUT2D eigenvalue weighted by Gasteiger charge is 2.30. The SMILES string of the molecule is Cc1cc(C)c(C(=O)N2CCC(c3nnc4n3CCNC4)CC2)o1. The monoisotopic (exact) mass is 329 g/mol. The molecule has 0 saturated carbocycles. The molecule has 4 rings (SSSR count). The second kappa shape index (κ2) is 6.05. The second-order valence-electron chi connectivity index (χ2n) is 6.74. The summed E-state index contributed by atoms with van der Waals surface area (Å²) in [5, 5.41) is 12.0. The van der Waals surface area contributed by atoms with Gasteiger partial charge in [-0.25, -0.2) is 0 Å². The predicted molar refractivity (Wildman–Crippen MR) is 87.8 cm³/mol. The van der Waals surface area contributed by atoms with Gasteiger partial charge in [-0.1, -0.05) is 0 Å². The summed E-state index contributed by atoms with van der Waals surface area (Å²) in [6, 6.07) is 1.91. The summed E-state index contributed by atoms with van der Waals surface area (Å²) in [4.78, 5) is 14.6. The van der Waals surface area contributed by atoms with Crippen molar-refractivity contribution in [3.63, 3.8) is 0 Å². The molecular formula is C17H23N5O2. The zero-order valence-corrected chi connectivity index (χ0v) is 14.2. The lowest BCUT2D eigenvalue weighted by Gasteiger charge is -2.31. The number of rotatable bonds is 2. The summed E-state index contributed by atoms with van der Waals surface area (Å²) in [6.45, 7) is 7.97. The van der Waals surface area contributed by atoms with E-state index in [0.29, 0.717) is 11.7 Å². The first-order valence-corrected chi connectivity index (χ1v) is 8.62. The first-order chi connectivity index (χ1) is 11.6. The van der Waals surface area contributed by atoms with Crippen molar-refractivity contribution in [1.29, 1.82) is 0 Å². The number of nitrogens with zero attached hydrogens (tertiary/aromatic N) is 4. The Hall–Kier alpha value is -2.15. The van der Waals surface area contributed by atoms with E-state index in [1.165, 1.54) is 0 Å². The van der Waals surface area contributed by atoms with Crippen LogP contribution >= 0.6 is 0 Å². The minimum absolute atomic E-state index is 0.00604. The van der Waals surface area contributed by atoms with Gasteiger partial charge in [-0.3, -0.25) is 4.79 Å². The first kappa shape index (κ1) is 15.4. The molecule has 0 radical (unpaired) electrons. The molecular weight excluding hydrogens is 306 g/mol. The van der Waals surface area contributed by atoms with Crippen molar-refractivity contribution >= 4 is 5.91 Å². The van der Waals surface area contributed by atoms with E-state index in [0.717, 1.165) is 68.5 Å². The van der Waals surface area contributed by atoms with E-state index >= 15 is 0 Å².